The van der Waals surface area contributed by atoms with Gasteiger partial charge in [-0.15, -0.1) is 11.3 Å². The highest BCUT2D eigenvalue weighted by atomic mass is 32.1. The van der Waals surface area contributed by atoms with Crippen molar-refractivity contribution in [3.63, 3.8) is 0 Å². The number of likely N-dealkylation sites (N-methyl/N-ethyl adjacent to an activating group) is 1. The Labute approximate surface area is 199 Å². The first-order valence-electron chi connectivity index (χ1n) is 11.4. The molecule has 3 amide bonds. The highest BCUT2D eigenvalue weighted by Gasteiger charge is 2.23. The molecule has 1 fully saturated rings. The molecule has 2 heterocycles. The Bertz CT molecular complexity index is 965. The van der Waals surface area contributed by atoms with E-state index in [1.165, 1.54) is 16.2 Å². The van der Waals surface area contributed by atoms with Crippen molar-refractivity contribution in [2.45, 2.75) is 40.2 Å². The summed E-state index contributed by atoms with van der Waals surface area (Å²) in [4.78, 5) is 48.3. The van der Waals surface area contributed by atoms with E-state index in [0.29, 0.717) is 16.4 Å². The van der Waals surface area contributed by atoms with Gasteiger partial charge in [-0.3, -0.25) is 14.4 Å². The van der Waals surface area contributed by atoms with Gasteiger partial charge < -0.3 is 20.0 Å². The fraction of sp³-hybridized carbons (Fsp3) is 0.500. The number of hydrogen-bond donors (Lipinski definition) is 1. The Kier molecular flexibility index (Phi) is 8.57. The van der Waals surface area contributed by atoms with Gasteiger partial charge in [0.1, 0.15) is 6.54 Å². The molecule has 1 aliphatic heterocycles. The van der Waals surface area contributed by atoms with Gasteiger partial charge in [0, 0.05) is 43.2 Å². The maximum absolute atomic E-state index is 12.9. The van der Waals surface area contributed by atoms with Crippen LogP contribution in [0.15, 0.2) is 29.6 Å². The van der Waals surface area contributed by atoms with Gasteiger partial charge >= 0.3 is 0 Å². The first kappa shape index (κ1) is 24.9. The normalized spacial score (nSPS) is 14.4. The number of aryl methyl sites for hydroxylation is 1. The first-order valence-corrected chi connectivity index (χ1v) is 12.3. The van der Waals surface area contributed by atoms with E-state index in [2.05, 4.69) is 22.1 Å². The largest absolute Gasteiger partial charge is 0.340 e. The van der Waals surface area contributed by atoms with E-state index in [4.69, 9.17) is 0 Å². The lowest BCUT2D eigenvalue weighted by atomic mass is 10.1. The minimum Gasteiger partial charge on any atom is -0.340 e. The summed E-state index contributed by atoms with van der Waals surface area (Å²) >= 11 is 1.29. The maximum atomic E-state index is 12.9. The predicted octanol–water partition coefficient (Wildman–Crippen LogP) is 2.65. The number of amides is 3. The van der Waals surface area contributed by atoms with Crippen molar-refractivity contribution in [3.8, 4) is 0 Å². The van der Waals surface area contributed by atoms with E-state index in [0.717, 1.165) is 38.3 Å². The third-order valence-corrected chi connectivity index (χ3v) is 6.61. The zero-order valence-corrected chi connectivity index (χ0v) is 20.7. The van der Waals surface area contributed by atoms with Gasteiger partial charge in [0.2, 0.25) is 11.8 Å². The molecule has 1 aromatic heterocycles. The molecule has 0 bridgehead atoms. The standard InChI is InChI=1S/C24H33N5O3S/c1-5-27-10-12-28(13-11-27)22(31)14-20-16-33-24(25-20)26-21(30)15-29(17(2)3)23(32)19-8-6-18(4)7-9-19/h6-9,16-17H,5,10-15H2,1-4H3,(H,25,26,30). The number of benzene rings is 1. The fourth-order valence-electron chi connectivity index (χ4n) is 3.69. The van der Waals surface area contributed by atoms with Gasteiger partial charge in [0.25, 0.3) is 5.91 Å². The van der Waals surface area contributed by atoms with Crippen molar-refractivity contribution in [2.24, 2.45) is 0 Å². The molecular formula is C24H33N5O3S. The lowest BCUT2D eigenvalue weighted by Gasteiger charge is -2.34. The zero-order valence-electron chi connectivity index (χ0n) is 19.8. The molecule has 0 atom stereocenters. The molecule has 0 aliphatic carbocycles. The average molecular weight is 472 g/mol. The molecule has 0 radical (unpaired) electrons. The van der Waals surface area contributed by atoms with Gasteiger partial charge in [-0.2, -0.15) is 0 Å². The van der Waals surface area contributed by atoms with Crippen LogP contribution in [0, 0.1) is 6.92 Å². The van der Waals surface area contributed by atoms with Crippen LogP contribution >= 0.6 is 11.3 Å². The Morgan fingerprint density at radius 1 is 1.12 bits per heavy atom. The minimum absolute atomic E-state index is 0.0589. The number of nitrogens with one attached hydrogen (secondary N) is 1. The minimum atomic E-state index is -0.313. The predicted molar refractivity (Wildman–Crippen MR) is 130 cm³/mol. The third-order valence-electron chi connectivity index (χ3n) is 5.80. The number of aromatic nitrogens is 1. The number of thiazole rings is 1. The summed E-state index contributed by atoms with van der Waals surface area (Å²) in [5.74, 6) is -0.440. The van der Waals surface area contributed by atoms with Gasteiger partial charge in [-0.25, -0.2) is 4.98 Å². The van der Waals surface area contributed by atoms with Gasteiger partial charge in [0.15, 0.2) is 5.13 Å². The smallest absolute Gasteiger partial charge is 0.254 e. The second-order valence-electron chi connectivity index (χ2n) is 8.58. The van der Waals surface area contributed by atoms with Gasteiger partial charge in [-0.1, -0.05) is 24.6 Å². The molecule has 178 valence electrons. The van der Waals surface area contributed by atoms with Crippen molar-refractivity contribution in [1.82, 2.24) is 19.7 Å². The fourth-order valence-corrected chi connectivity index (χ4v) is 4.42. The maximum Gasteiger partial charge on any atom is 0.254 e. The zero-order chi connectivity index (χ0) is 24.0. The summed E-state index contributed by atoms with van der Waals surface area (Å²) in [6, 6.07) is 7.18. The molecule has 0 spiro atoms. The van der Waals surface area contributed by atoms with Crippen LogP contribution < -0.4 is 5.32 Å². The van der Waals surface area contributed by atoms with Crippen LogP contribution in [0.1, 0.15) is 42.4 Å². The van der Waals surface area contributed by atoms with Crippen LogP contribution in [-0.2, 0) is 16.0 Å². The molecular weight excluding hydrogens is 438 g/mol. The van der Waals surface area contributed by atoms with Crippen molar-refractivity contribution in [1.29, 1.82) is 0 Å². The SMILES string of the molecule is CCN1CCN(C(=O)Cc2csc(NC(=O)CN(C(=O)c3ccc(C)cc3)C(C)C)n2)CC1. The van der Waals surface area contributed by atoms with Crippen LogP contribution in [0.4, 0.5) is 5.13 Å². The van der Waals surface area contributed by atoms with Crippen molar-refractivity contribution in [3.05, 3.63) is 46.5 Å². The quantitative estimate of drug-likeness (QED) is 0.640. The molecule has 1 aliphatic rings. The van der Waals surface area contributed by atoms with E-state index in [9.17, 15) is 14.4 Å². The topological polar surface area (TPSA) is 85.9 Å². The number of hydrogen-bond acceptors (Lipinski definition) is 6. The van der Waals surface area contributed by atoms with E-state index >= 15 is 0 Å². The van der Waals surface area contributed by atoms with Crippen LogP contribution in [0.3, 0.4) is 0 Å². The number of carbonyl (C=O) groups excluding carboxylic acids is 3. The summed E-state index contributed by atoms with van der Waals surface area (Å²) in [7, 11) is 0. The second-order valence-corrected chi connectivity index (χ2v) is 9.43. The lowest BCUT2D eigenvalue weighted by Crippen LogP contribution is -2.48. The Morgan fingerprint density at radius 2 is 1.79 bits per heavy atom. The summed E-state index contributed by atoms with van der Waals surface area (Å²) < 4.78 is 0. The number of carbonyl (C=O) groups is 3. The van der Waals surface area contributed by atoms with Crippen LogP contribution in [0.2, 0.25) is 0 Å². The van der Waals surface area contributed by atoms with E-state index < -0.39 is 0 Å². The molecule has 8 nitrogen and oxygen atoms in total. The van der Waals surface area contributed by atoms with Crippen molar-refractivity contribution >= 4 is 34.2 Å². The average Bonchev–Trinajstić information content (AvgIpc) is 3.23. The number of piperazine rings is 1. The Hall–Kier alpha value is -2.78. The highest BCUT2D eigenvalue weighted by Crippen LogP contribution is 2.17. The summed E-state index contributed by atoms with van der Waals surface area (Å²) in [5.41, 5.74) is 2.27. The van der Waals surface area contributed by atoms with Gasteiger partial charge in [-0.05, 0) is 39.4 Å². The van der Waals surface area contributed by atoms with Crippen LogP contribution in [0.5, 0.6) is 0 Å². The monoisotopic (exact) mass is 471 g/mol. The second kappa shape index (κ2) is 11.4. The number of rotatable bonds is 8. The highest BCUT2D eigenvalue weighted by molar-refractivity contribution is 7.13. The van der Waals surface area contributed by atoms with Gasteiger partial charge in [0.05, 0.1) is 12.1 Å². The van der Waals surface area contributed by atoms with E-state index in [-0.39, 0.29) is 36.7 Å². The molecule has 3 rings (SSSR count). The Balaban J connectivity index is 1.54. The molecule has 0 saturated carbocycles. The van der Waals surface area contributed by atoms with E-state index in [1.807, 2.05) is 37.8 Å². The number of anilines is 1. The molecule has 2 aromatic rings. The number of nitrogens with zero attached hydrogens (tertiary/aromatic N) is 4. The Morgan fingerprint density at radius 3 is 2.39 bits per heavy atom. The van der Waals surface area contributed by atoms with Crippen molar-refractivity contribution in [2.75, 3.05) is 44.6 Å². The summed E-state index contributed by atoms with van der Waals surface area (Å²) in [6.07, 6.45) is 0.225. The molecule has 1 N–H and O–H groups in total. The van der Waals surface area contributed by atoms with Crippen molar-refractivity contribution < 1.29 is 14.4 Å². The molecule has 1 saturated heterocycles. The van der Waals surface area contributed by atoms with Crippen LogP contribution in [0.25, 0.3) is 0 Å². The first-order chi connectivity index (χ1) is 15.8. The summed E-state index contributed by atoms with van der Waals surface area (Å²) in [5, 5.41) is 5.01. The third kappa shape index (κ3) is 6.85. The molecule has 1 aromatic carbocycles. The summed E-state index contributed by atoms with van der Waals surface area (Å²) in [6.45, 7) is 12.1. The molecule has 33 heavy (non-hydrogen) atoms. The lowest BCUT2D eigenvalue weighted by molar-refractivity contribution is -0.132. The van der Waals surface area contributed by atoms with Crippen LogP contribution in [-0.4, -0.2) is 82.7 Å². The molecule has 0 unspecified atom stereocenters. The molecule has 9 heteroatoms. The van der Waals surface area contributed by atoms with E-state index in [1.54, 1.807) is 17.5 Å².